The summed E-state index contributed by atoms with van der Waals surface area (Å²) in [7, 11) is 0. The molecule has 42 heavy (non-hydrogen) atoms. The number of hydrogen-bond donors (Lipinski definition) is 8. The molecule has 0 aliphatic heterocycles. The summed E-state index contributed by atoms with van der Waals surface area (Å²) in [6.45, 7) is 4.04. The quantitative estimate of drug-likeness (QED) is 0.0861. The van der Waals surface area contributed by atoms with E-state index in [1.165, 1.54) is 30.3 Å². The van der Waals surface area contributed by atoms with Crippen LogP contribution in [0.15, 0.2) is 72.8 Å². The molecule has 0 fully saturated rings. The molecule has 0 amide bonds. The first kappa shape index (κ1) is 30.2. The highest BCUT2D eigenvalue weighted by Gasteiger charge is 2.27. The zero-order chi connectivity index (χ0) is 30.6. The predicted octanol–water partition coefficient (Wildman–Crippen LogP) is 7.37. The molecule has 0 aliphatic rings. The van der Waals surface area contributed by atoms with Gasteiger partial charge in [0, 0.05) is 0 Å². The Hall–Kier alpha value is -4.72. The number of phenolic OH excluding ortho intramolecular Hbond substituents is 8. The average molecular weight is 575 g/mol. The number of aromatic hydroxyl groups is 8. The van der Waals surface area contributed by atoms with E-state index >= 15 is 0 Å². The van der Waals surface area contributed by atoms with Crippen molar-refractivity contribution in [2.45, 2.75) is 63.2 Å². The lowest BCUT2D eigenvalue weighted by atomic mass is 9.75. The zero-order valence-electron chi connectivity index (χ0n) is 23.6. The lowest BCUT2D eigenvalue weighted by molar-refractivity contribution is 0.392. The van der Waals surface area contributed by atoms with Gasteiger partial charge in [0.05, 0.1) is 0 Å². The van der Waals surface area contributed by atoms with E-state index in [0.29, 0.717) is 19.3 Å². The van der Waals surface area contributed by atoms with Crippen LogP contribution in [0.5, 0.6) is 46.0 Å². The molecule has 222 valence electrons. The Balaban J connectivity index is 1.74. The van der Waals surface area contributed by atoms with E-state index in [-0.39, 0.29) is 69.7 Å². The third-order valence-electron chi connectivity index (χ3n) is 8.25. The molecular weight excluding hydrogens is 536 g/mol. The Labute approximate surface area is 245 Å². The lowest BCUT2D eigenvalue weighted by Crippen LogP contribution is -2.13. The normalized spacial score (nSPS) is 14.2. The fourth-order valence-electron chi connectivity index (χ4n) is 5.76. The summed E-state index contributed by atoms with van der Waals surface area (Å²) in [6.07, 6.45) is 2.49. The van der Waals surface area contributed by atoms with Crippen molar-refractivity contribution in [3.8, 4) is 46.0 Å². The summed E-state index contributed by atoms with van der Waals surface area (Å²) in [5.41, 5.74) is 3.27. The van der Waals surface area contributed by atoms with E-state index in [1.807, 2.05) is 13.8 Å². The summed E-state index contributed by atoms with van der Waals surface area (Å²) in [6, 6.07) is 19.1. The minimum atomic E-state index is -0.239. The molecule has 8 heteroatoms. The highest BCUT2D eigenvalue weighted by molar-refractivity contribution is 5.46. The third-order valence-corrected chi connectivity index (χ3v) is 8.25. The summed E-state index contributed by atoms with van der Waals surface area (Å²) in [5, 5.41) is 80.6. The molecule has 4 aromatic carbocycles. The predicted molar refractivity (Wildman–Crippen MR) is 160 cm³/mol. The van der Waals surface area contributed by atoms with Gasteiger partial charge in [-0.15, -0.1) is 0 Å². The maximum atomic E-state index is 10.4. The van der Waals surface area contributed by atoms with Crippen LogP contribution in [0.4, 0.5) is 0 Å². The first-order valence-electron chi connectivity index (χ1n) is 14.0. The Kier molecular flexibility index (Phi) is 9.25. The summed E-state index contributed by atoms with van der Waals surface area (Å²) < 4.78 is 0. The van der Waals surface area contributed by atoms with Gasteiger partial charge in [0.1, 0.15) is 0 Å². The van der Waals surface area contributed by atoms with Crippen LogP contribution in [-0.4, -0.2) is 40.9 Å². The zero-order valence-corrected chi connectivity index (χ0v) is 23.6. The second-order valence-electron chi connectivity index (χ2n) is 11.1. The highest BCUT2D eigenvalue weighted by Crippen LogP contribution is 2.45. The van der Waals surface area contributed by atoms with Crippen LogP contribution in [0.1, 0.15) is 85.5 Å². The molecule has 4 rings (SSSR count). The SMILES string of the molecule is CCC(CC(CC(CC(C)c1ccc(O)c(O)c1)c1ccc(O)c(O)c1)c1ccc(O)c(O)c1)c1ccc(O)c(O)c1. The van der Waals surface area contributed by atoms with Crippen LogP contribution in [-0.2, 0) is 0 Å². The Morgan fingerprint density at radius 3 is 1.10 bits per heavy atom. The molecule has 0 saturated carbocycles. The van der Waals surface area contributed by atoms with E-state index in [1.54, 1.807) is 42.5 Å². The minimum Gasteiger partial charge on any atom is -0.504 e. The van der Waals surface area contributed by atoms with Gasteiger partial charge in [0.15, 0.2) is 46.0 Å². The molecular formula is C34H38O8. The summed E-state index contributed by atoms with van der Waals surface area (Å²) in [4.78, 5) is 0. The maximum Gasteiger partial charge on any atom is 0.157 e. The van der Waals surface area contributed by atoms with Crippen molar-refractivity contribution < 1.29 is 40.9 Å². The highest BCUT2D eigenvalue weighted by atomic mass is 16.3. The summed E-state index contributed by atoms with van der Waals surface area (Å²) >= 11 is 0. The minimum absolute atomic E-state index is 0.0159. The van der Waals surface area contributed by atoms with E-state index in [0.717, 1.165) is 28.7 Å². The van der Waals surface area contributed by atoms with Crippen LogP contribution >= 0.6 is 0 Å². The molecule has 8 N–H and O–H groups in total. The Morgan fingerprint density at radius 1 is 0.405 bits per heavy atom. The fraction of sp³-hybridized carbons (Fsp3) is 0.294. The number of rotatable bonds is 11. The van der Waals surface area contributed by atoms with Crippen molar-refractivity contribution in [3.63, 3.8) is 0 Å². The van der Waals surface area contributed by atoms with Gasteiger partial charge in [-0.2, -0.15) is 0 Å². The van der Waals surface area contributed by atoms with Gasteiger partial charge in [0.2, 0.25) is 0 Å². The molecule has 0 spiro atoms. The topological polar surface area (TPSA) is 162 Å². The Bertz CT molecular complexity index is 1530. The second kappa shape index (κ2) is 12.9. The van der Waals surface area contributed by atoms with Gasteiger partial charge in [-0.3, -0.25) is 0 Å². The summed E-state index contributed by atoms with van der Waals surface area (Å²) in [5.74, 6) is -2.14. The molecule has 8 nitrogen and oxygen atoms in total. The van der Waals surface area contributed by atoms with Gasteiger partial charge in [0.25, 0.3) is 0 Å². The smallest absolute Gasteiger partial charge is 0.157 e. The molecule has 4 atom stereocenters. The van der Waals surface area contributed by atoms with Crippen LogP contribution in [0.25, 0.3) is 0 Å². The molecule has 0 saturated heterocycles. The largest absolute Gasteiger partial charge is 0.504 e. The second-order valence-corrected chi connectivity index (χ2v) is 11.1. The van der Waals surface area contributed by atoms with E-state index in [9.17, 15) is 40.9 Å². The van der Waals surface area contributed by atoms with Gasteiger partial charge in [-0.05, 0) is 120 Å². The molecule has 0 bridgehead atoms. The number of phenols is 8. The molecule has 4 unspecified atom stereocenters. The van der Waals surface area contributed by atoms with Crippen molar-refractivity contribution in [2.24, 2.45) is 0 Å². The van der Waals surface area contributed by atoms with E-state index < -0.39 is 0 Å². The average Bonchev–Trinajstić information content (AvgIpc) is 2.96. The monoisotopic (exact) mass is 574 g/mol. The van der Waals surface area contributed by atoms with Crippen molar-refractivity contribution in [1.82, 2.24) is 0 Å². The van der Waals surface area contributed by atoms with Crippen molar-refractivity contribution >= 4 is 0 Å². The molecule has 0 radical (unpaired) electrons. The van der Waals surface area contributed by atoms with Crippen molar-refractivity contribution in [1.29, 1.82) is 0 Å². The van der Waals surface area contributed by atoms with E-state index in [4.69, 9.17) is 0 Å². The maximum absolute atomic E-state index is 10.4. The van der Waals surface area contributed by atoms with Crippen molar-refractivity contribution in [3.05, 3.63) is 95.1 Å². The lowest BCUT2D eigenvalue weighted by Gasteiger charge is -2.30. The van der Waals surface area contributed by atoms with Crippen molar-refractivity contribution in [2.75, 3.05) is 0 Å². The molecule has 4 aromatic rings. The van der Waals surface area contributed by atoms with Crippen LogP contribution in [0, 0.1) is 0 Å². The molecule has 0 heterocycles. The van der Waals surface area contributed by atoms with Crippen LogP contribution < -0.4 is 0 Å². The first-order valence-corrected chi connectivity index (χ1v) is 14.0. The van der Waals surface area contributed by atoms with E-state index in [2.05, 4.69) is 0 Å². The van der Waals surface area contributed by atoms with Gasteiger partial charge in [-0.25, -0.2) is 0 Å². The van der Waals surface area contributed by atoms with Gasteiger partial charge >= 0.3 is 0 Å². The number of benzene rings is 4. The third kappa shape index (κ3) is 6.94. The fourth-order valence-corrected chi connectivity index (χ4v) is 5.76. The van der Waals surface area contributed by atoms with Crippen LogP contribution in [0.3, 0.4) is 0 Å². The molecule has 0 aliphatic carbocycles. The van der Waals surface area contributed by atoms with Gasteiger partial charge < -0.3 is 40.9 Å². The standard InChI is InChI=1S/C34H38O8/c1-3-20(22-5-9-28(36)32(40)16-22)13-26(24-7-11-30(38)34(42)18-24)14-25(23-6-10-29(37)33(41)17-23)12-19(2)21-4-8-27(35)31(39)15-21/h4-11,15-20,25-26,35-42H,3,12-14H2,1-2H3. The first-order chi connectivity index (χ1) is 20.0. The Morgan fingerprint density at radius 2 is 0.714 bits per heavy atom. The van der Waals surface area contributed by atoms with Gasteiger partial charge in [-0.1, -0.05) is 38.1 Å². The van der Waals surface area contributed by atoms with Crippen LogP contribution in [0.2, 0.25) is 0 Å². The number of hydrogen-bond acceptors (Lipinski definition) is 8. The molecule has 0 aromatic heterocycles.